The van der Waals surface area contributed by atoms with Gasteiger partial charge >= 0.3 is 6.01 Å². The zero-order valence-electron chi connectivity index (χ0n) is 11.3. The normalized spacial score (nSPS) is 16.8. The molecular formula is C12H22N4OS. The number of hydrogen-bond donors (Lipinski definition) is 1. The maximum absolute atomic E-state index is 5.68. The summed E-state index contributed by atoms with van der Waals surface area (Å²) in [5, 5.41) is 11.6. The minimum atomic E-state index is 0.449. The molecule has 1 aromatic heterocycles. The Balaban J connectivity index is 1.89. The van der Waals surface area contributed by atoms with Crippen LogP contribution in [0, 0.1) is 0 Å². The third-order valence-corrected chi connectivity index (χ3v) is 3.97. The Labute approximate surface area is 113 Å². The number of nitrogens with one attached hydrogen (secondary N) is 1. The molecule has 1 aliphatic rings. The monoisotopic (exact) mass is 270 g/mol. The van der Waals surface area contributed by atoms with Crippen molar-refractivity contribution in [2.24, 2.45) is 0 Å². The van der Waals surface area contributed by atoms with E-state index in [0.717, 1.165) is 12.2 Å². The van der Waals surface area contributed by atoms with E-state index in [-0.39, 0.29) is 0 Å². The predicted octanol–water partition coefficient (Wildman–Crippen LogP) is 1.90. The predicted molar refractivity (Wildman–Crippen MR) is 75.0 cm³/mol. The molecule has 18 heavy (non-hydrogen) atoms. The van der Waals surface area contributed by atoms with Crippen molar-refractivity contribution in [2.45, 2.75) is 44.8 Å². The first-order valence-corrected chi connectivity index (χ1v) is 7.91. The molecule has 1 aliphatic carbocycles. The van der Waals surface area contributed by atoms with E-state index < -0.39 is 0 Å². The number of nitrogens with zero attached hydrogens (tertiary/aromatic N) is 3. The second-order valence-corrected chi connectivity index (χ2v) is 5.67. The van der Waals surface area contributed by atoms with Gasteiger partial charge in [-0.3, -0.25) is 0 Å². The van der Waals surface area contributed by atoms with Crippen molar-refractivity contribution in [3.05, 3.63) is 5.89 Å². The smallest absolute Gasteiger partial charge is 0.318 e. The van der Waals surface area contributed by atoms with Crippen LogP contribution >= 0.6 is 11.8 Å². The molecule has 0 amide bonds. The van der Waals surface area contributed by atoms with Crippen molar-refractivity contribution in [1.82, 2.24) is 15.5 Å². The van der Waals surface area contributed by atoms with Gasteiger partial charge in [-0.1, -0.05) is 12.0 Å². The van der Waals surface area contributed by atoms with Gasteiger partial charge in [0.25, 0.3) is 0 Å². The Hall–Kier alpha value is -0.750. The van der Waals surface area contributed by atoms with Crippen molar-refractivity contribution < 1.29 is 4.42 Å². The lowest BCUT2D eigenvalue weighted by Crippen LogP contribution is -2.33. The largest absolute Gasteiger partial charge is 0.407 e. The molecule has 0 bridgehead atoms. The first-order chi connectivity index (χ1) is 8.74. The van der Waals surface area contributed by atoms with Crippen LogP contribution in [0.1, 0.15) is 32.1 Å². The van der Waals surface area contributed by atoms with Crippen LogP contribution in [0.25, 0.3) is 0 Å². The first kappa shape index (κ1) is 13.7. The molecule has 0 saturated heterocycles. The lowest BCUT2D eigenvalue weighted by Gasteiger charge is -2.24. The van der Waals surface area contributed by atoms with Crippen LogP contribution in [-0.2, 0) is 6.54 Å². The number of rotatable bonds is 8. The third-order valence-electron chi connectivity index (χ3n) is 3.26. The number of thioether (sulfide) groups is 1. The van der Waals surface area contributed by atoms with Gasteiger partial charge in [-0.25, -0.2) is 0 Å². The van der Waals surface area contributed by atoms with Crippen molar-refractivity contribution in [1.29, 1.82) is 0 Å². The van der Waals surface area contributed by atoms with Gasteiger partial charge in [0.2, 0.25) is 5.89 Å². The molecule has 0 spiro atoms. The molecule has 1 saturated carbocycles. The van der Waals surface area contributed by atoms with Crippen molar-refractivity contribution in [3.63, 3.8) is 0 Å². The minimum Gasteiger partial charge on any atom is -0.407 e. The Morgan fingerprint density at radius 2 is 2.28 bits per heavy atom. The van der Waals surface area contributed by atoms with Gasteiger partial charge in [-0.05, 0) is 25.5 Å². The molecule has 1 atom stereocenters. The van der Waals surface area contributed by atoms with Gasteiger partial charge in [-0.2, -0.15) is 11.8 Å². The van der Waals surface area contributed by atoms with Crippen LogP contribution in [0.15, 0.2) is 4.42 Å². The van der Waals surface area contributed by atoms with E-state index in [9.17, 15) is 0 Å². The van der Waals surface area contributed by atoms with E-state index in [1.54, 1.807) is 0 Å². The molecule has 1 aromatic rings. The number of aromatic nitrogens is 2. The Kier molecular flexibility index (Phi) is 4.88. The van der Waals surface area contributed by atoms with Gasteiger partial charge in [0.05, 0.1) is 6.54 Å². The maximum atomic E-state index is 5.68. The van der Waals surface area contributed by atoms with Gasteiger partial charge < -0.3 is 14.6 Å². The summed E-state index contributed by atoms with van der Waals surface area (Å²) < 4.78 is 5.68. The third kappa shape index (κ3) is 3.62. The highest BCUT2D eigenvalue weighted by Crippen LogP contribution is 2.20. The molecule has 2 rings (SSSR count). The summed E-state index contributed by atoms with van der Waals surface area (Å²) >= 11 is 1.84. The van der Waals surface area contributed by atoms with Crippen LogP contribution < -0.4 is 10.2 Å². The highest BCUT2D eigenvalue weighted by Gasteiger charge is 2.22. The van der Waals surface area contributed by atoms with Gasteiger partial charge in [0.1, 0.15) is 0 Å². The summed E-state index contributed by atoms with van der Waals surface area (Å²) in [4.78, 5) is 2.09. The molecule has 0 radical (unpaired) electrons. The molecule has 6 heteroatoms. The summed E-state index contributed by atoms with van der Waals surface area (Å²) in [6, 6.07) is 1.74. The van der Waals surface area contributed by atoms with Crippen LogP contribution in [0.5, 0.6) is 0 Å². The lowest BCUT2D eigenvalue weighted by molar-refractivity contribution is 0.454. The molecule has 5 nitrogen and oxygen atoms in total. The van der Waals surface area contributed by atoms with Crippen LogP contribution in [0.2, 0.25) is 0 Å². The number of anilines is 1. The zero-order chi connectivity index (χ0) is 13.0. The van der Waals surface area contributed by atoms with Crippen molar-refractivity contribution in [2.75, 3.05) is 24.0 Å². The van der Waals surface area contributed by atoms with Crippen molar-refractivity contribution in [3.8, 4) is 0 Å². The summed E-state index contributed by atoms with van der Waals surface area (Å²) in [6.45, 7) is 2.87. The van der Waals surface area contributed by atoms with Gasteiger partial charge in [0, 0.05) is 24.9 Å². The molecule has 0 aliphatic heterocycles. The molecule has 102 valence electrons. The van der Waals surface area contributed by atoms with Crippen LogP contribution in [0.4, 0.5) is 6.01 Å². The first-order valence-electron chi connectivity index (χ1n) is 6.52. The van der Waals surface area contributed by atoms with E-state index >= 15 is 0 Å². The van der Waals surface area contributed by atoms with E-state index in [1.165, 1.54) is 12.8 Å². The van der Waals surface area contributed by atoms with Gasteiger partial charge in [-0.15, -0.1) is 5.10 Å². The van der Waals surface area contributed by atoms with Gasteiger partial charge in [0.15, 0.2) is 0 Å². The Morgan fingerprint density at radius 1 is 1.50 bits per heavy atom. The van der Waals surface area contributed by atoms with E-state index in [1.807, 2.05) is 18.8 Å². The fourth-order valence-electron chi connectivity index (χ4n) is 1.83. The summed E-state index contributed by atoms with van der Waals surface area (Å²) in [5.41, 5.74) is 0. The average molecular weight is 270 g/mol. The molecular weight excluding hydrogens is 248 g/mol. The molecule has 1 fully saturated rings. The highest BCUT2D eigenvalue weighted by molar-refractivity contribution is 7.98. The Bertz CT molecular complexity index is 367. The lowest BCUT2D eigenvalue weighted by atomic mass is 10.2. The molecule has 0 aromatic carbocycles. The Morgan fingerprint density at radius 3 is 2.89 bits per heavy atom. The highest BCUT2D eigenvalue weighted by atomic mass is 32.2. The second kappa shape index (κ2) is 6.43. The van der Waals surface area contributed by atoms with Crippen LogP contribution in [-0.4, -0.2) is 41.3 Å². The molecule has 1 heterocycles. The topological polar surface area (TPSA) is 54.2 Å². The van der Waals surface area contributed by atoms with E-state index in [2.05, 4.69) is 33.6 Å². The van der Waals surface area contributed by atoms with Crippen molar-refractivity contribution >= 4 is 17.8 Å². The summed E-state index contributed by atoms with van der Waals surface area (Å²) in [7, 11) is 2.02. The molecule has 1 unspecified atom stereocenters. The van der Waals surface area contributed by atoms with E-state index in [4.69, 9.17) is 4.42 Å². The van der Waals surface area contributed by atoms with E-state index in [0.29, 0.717) is 30.5 Å². The number of hydrogen-bond acceptors (Lipinski definition) is 6. The summed E-state index contributed by atoms with van der Waals surface area (Å²) in [6.07, 6.45) is 5.74. The average Bonchev–Trinajstić information content (AvgIpc) is 3.10. The second-order valence-electron chi connectivity index (χ2n) is 4.76. The van der Waals surface area contributed by atoms with Crippen LogP contribution in [0.3, 0.4) is 0 Å². The molecule has 1 N–H and O–H groups in total. The zero-order valence-corrected chi connectivity index (χ0v) is 12.2. The standard InChI is InChI=1S/C12H22N4OS/c1-4-10(8-18-3)16(2)12-15-14-11(17-12)7-13-9-5-6-9/h9-10,13H,4-8H2,1-3H3. The summed E-state index contributed by atoms with van der Waals surface area (Å²) in [5.74, 6) is 1.76. The minimum absolute atomic E-state index is 0.449. The maximum Gasteiger partial charge on any atom is 0.318 e. The quantitative estimate of drug-likeness (QED) is 0.778. The fraction of sp³-hybridized carbons (Fsp3) is 0.833. The SMILES string of the molecule is CCC(CSC)N(C)c1nnc(CNC2CC2)o1. The fourth-order valence-corrected chi connectivity index (χ4v) is 2.67.